The number of amides is 2. The van der Waals surface area contributed by atoms with Gasteiger partial charge in [0.25, 0.3) is 5.91 Å². The number of aliphatic hydroxyl groups excluding tert-OH is 1. The second-order valence-corrected chi connectivity index (χ2v) is 7.89. The molecule has 0 saturated heterocycles. The van der Waals surface area contributed by atoms with Crippen molar-refractivity contribution in [2.24, 2.45) is 11.8 Å². The van der Waals surface area contributed by atoms with Gasteiger partial charge >= 0.3 is 0 Å². The van der Waals surface area contributed by atoms with Crippen LogP contribution in [0.5, 0.6) is 0 Å². The molecule has 0 radical (unpaired) electrons. The maximum Gasteiger partial charge on any atom is 0.274 e. The molecule has 8 heteroatoms. The van der Waals surface area contributed by atoms with Crippen molar-refractivity contribution >= 4 is 17.5 Å². The summed E-state index contributed by atoms with van der Waals surface area (Å²) in [5.41, 5.74) is 0.0902. The van der Waals surface area contributed by atoms with Crippen molar-refractivity contribution in [1.82, 2.24) is 20.0 Å². The summed E-state index contributed by atoms with van der Waals surface area (Å²) in [4.78, 5) is 28.3. The molecule has 152 valence electrons. The van der Waals surface area contributed by atoms with Gasteiger partial charge in [-0.2, -0.15) is 4.39 Å². The second-order valence-electron chi connectivity index (χ2n) is 7.89. The molecule has 0 aromatic carbocycles. The van der Waals surface area contributed by atoms with Crippen LogP contribution in [0.15, 0.2) is 24.4 Å². The molecule has 1 fully saturated rings. The van der Waals surface area contributed by atoms with Crippen molar-refractivity contribution in [2.45, 2.75) is 51.7 Å². The Hall–Kier alpha value is -2.48. The number of nitrogens with zero attached hydrogens (tertiary/aromatic N) is 2. The number of imidazole rings is 1. The Morgan fingerprint density at radius 1 is 1.36 bits per heavy atom. The van der Waals surface area contributed by atoms with Gasteiger partial charge in [-0.3, -0.25) is 14.0 Å². The van der Waals surface area contributed by atoms with E-state index in [1.54, 1.807) is 18.2 Å². The Morgan fingerprint density at radius 3 is 2.86 bits per heavy atom. The quantitative estimate of drug-likeness (QED) is 0.673. The summed E-state index contributed by atoms with van der Waals surface area (Å²) < 4.78 is 15.5. The van der Waals surface area contributed by atoms with Crippen LogP contribution >= 0.6 is 0 Å². The lowest BCUT2D eigenvalue weighted by Gasteiger charge is -2.15. The van der Waals surface area contributed by atoms with E-state index in [-0.39, 0.29) is 30.1 Å². The van der Waals surface area contributed by atoms with Gasteiger partial charge in [0.15, 0.2) is 5.69 Å². The molecule has 1 aliphatic carbocycles. The molecule has 1 saturated carbocycles. The lowest BCUT2D eigenvalue weighted by molar-refractivity contribution is -0.122. The topological polar surface area (TPSA) is 95.7 Å². The van der Waals surface area contributed by atoms with Crippen LogP contribution in [0, 0.1) is 17.8 Å². The first-order valence-corrected chi connectivity index (χ1v) is 9.73. The van der Waals surface area contributed by atoms with Crippen LogP contribution in [0.1, 0.15) is 50.0 Å². The van der Waals surface area contributed by atoms with Crippen molar-refractivity contribution < 1.29 is 19.1 Å². The van der Waals surface area contributed by atoms with Crippen molar-refractivity contribution in [1.29, 1.82) is 0 Å². The first-order chi connectivity index (χ1) is 13.3. The molecule has 0 unspecified atom stereocenters. The summed E-state index contributed by atoms with van der Waals surface area (Å²) >= 11 is 0. The van der Waals surface area contributed by atoms with Gasteiger partial charge in [-0.1, -0.05) is 19.9 Å². The zero-order valence-electron chi connectivity index (χ0n) is 16.2. The minimum atomic E-state index is -0.713. The normalized spacial score (nSPS) is 22.0. The summed E-state index contributed by atoms with van der Waals surface area (Å²) in [5, 5.41) is 15.9. The molecule has 2 aromatic rings. The average Bonchev–Trinajstić information content (AvgIpc) is 3.18. The van der Waals surface area contributed by atoms with Crippen LogP contribution in [-0.2, 0) is 4.79 Å². The molecule has 3 rings (SSSR count). The van der Waals surface area contributed by atoms with Crippen LogP contribution in [0.4, 0.5) is 4.39 Å². The van der Waals surface area contributed by atoms with Crippen LogP contribution < -0.4 is 10.6 Å². The Kier molecular flexibility index (Phi) is 6.28. The highest BCUT2D eigenvalue weighted by Gasteiger charge is 2.34. The molecular formula is C20H27FN4O3. The molecule has 28 heavy (non-hydrogen) atoms. The fourth-order valence-corrected chi connectivity index (χ4v) is 3.58. The standard InChI is InChI=1S/C20H27FN4O3/c1-12(2)6-7-17(27)23-14-9-13(15(26)10-14)11-22-20(28)18-19(21)25-8-4-3-5-16(25)24-18/h3-5,8,12-15,26H,6-7,9-11H2,1-2H3,(H,22,28)(H,23,27)/t13-,14+,15-/m1/s1. The summed E-state index contributed by atoms with van der Waals surface area (Å²) in [6.45, 7) is 4.33. The number of carbonyl (C=O) groups is 2. The number of hydrogen-bond acceptors (Lipinski definition) is 4. The van der Waals surface area contributed by atoms with E-state index in [1.165, 1.54) is 10.6 Å². The SMILES string of the molecule is CC(C)CCC(=O)N[C@H]1C[C@H](CNC(=O)c2nc3ccccn3c2F)[C@H](O)C1. The maximum absolute atomic E-state index is 14.3. The summed E-state index contributed by atoms with van der Waals surface area (Å²) in [6.07, 6.45) is 3.20. The van der Waals surface area contributed by atoms with Crippen molar-refractivity contribution in [3.05, 3.63) is 36.0 Å². The summed E-state index contributed by atoms with van der Waals surface area (Å²) in [6, 6.07) is 4.88. The van der Waals surface area contributed by atoms with Gasteiger partial charge in [0.1, 0.15) is 5.65 Å². The minimum Gasteiger partial charge on any atom is -0.393 e. The minimum absolute atomic E-state index is 0.0117. The molecular weight excluding hydrogens is 363 g/mol. The van der Waals surface area contributed by atoms with E-state index in [9.17, 15) is 19.1 Å². The summed E-state index contributed by atoms with van der Waals surface area (Å²) in [7, 11) is 0. The van der Waals surface area contributed by atoms with E-state index in [1.807, 2.05) is 0 Å². The van der Waals surface area contributed by atoms with E-state index in [0.717, 1.165) is 6.42 Å². The third kappa shape index (κ3) is 4.67. The first-order valence-electron chi connectivity index (χ1n) is 9.73. The largest absolute Gasteiger partial charge is 0.393 e. The van der Waals surface area contributed by atoms with Crippen molar-refractivity contribution in [2.75, 3.05) is 6.54 Å². The zero-order valence-corrected chi connectivity index (χ0v) is 16.2. The van der Waals surface area contributed by atoms with E-state index in [0.29, 0.717) is 30.8 Å². The number of halogens is 1. The molecule has 2 aromatic heterocycles. The predicted octanol–water partition coefficient (Wildman–Crippen LogP) is 1.90. The van der Waals surface area contributed by atoms with Gasteiger partial charge in [-0.15, -0.1) is 0 Å². The number of hydrogen-bond donors (Lipinski definition) is 3. The lowest BCUT2D eigenvalue weighted by atomic mass is 10.1. The molecule has 0 aliphatic heterocycles. The highest BCUT2D eigenvalue weighted by molar-refractivity contribution is 5.93. The smallest absolute Gasteiger partial charge is 0.274 e. The molecule has 3 atom stereocenters. The van der Waals surface area contributed by atoms with E-state index in [4.69, 9.17) is 0 Å². The fraction of sp³-hybridized carbons (Fsp3) is 0.550. The number of aliphatic hydroxyl groups is 1. The number of carbonyl (C=O) groups excluding carboxylic acids is 2. The third-order valence-corrected chi connectivity index (χ3v) is 5.18. The van der Waals surface area contributed by atoms with Gasteiger partial charge in [0, 0.05) is 31.1 Å². The lowest BCUT2D eigenvalue weighted by Crippen LogP contribution is -2.34. The predicted molar refractivity (Wildman–Crippen MR) is 102 cm³/mol. The number of nitrogens with one attached hydrogen (secondary N) is 2. The van der Waals surface area contributed by atoms with Crippen LogP contribution in [0.25, 0.3) is 5.65 Å². The van der Waals surface area contributed by atoms with Crippen LogP contribution in [0.2, 0.25) is 0 Å². The number of rotatable bonds is 7. The highest BCUT2D eigenvalue weighted by Crippen LogP contribution is 2.26. The fourth-order valence-electron chi connectivity index (χ4n) is 3.58. The Labute approximate surface area is 163 Å². The summed E-state index contributed by atoms with van der Waals surface area (Å²) in [5.74, 6) is -1.07. The number of aromatic nitrogens is 2. The Balaban J connectivity index is 1.52. The molecule has 0 bridgehead atoms. The third-order valence-electron chi connectivity index (χ3n) is 5.18. The molecule has 1 aliphatic rings. The Morgan fingerprint density at radius 2 is 2.14 bits per heavy atom. The Bertz CT molecular complexity index is 851. The number of pyridine rings is 1. The highest BCUT2D eigenvalue weighted by atomic mass is 19.1. The second kappa shape index (κ2) is 8.68. The first kappa shape index (κ1) is 20.3. The van der Waals surface area contributed by atoms with Crippen LogP contribution in [0.3, 0.4) is 0 Å². The van der Waals surface area contributed by atoms with E-state index in [2.05, 4.69) is 29.5 Å². The number of fused-ring (bicyclic) bond motifs is 1. The monoisotopic (exact) mass is 390 g/mol. The van der Waals surface area contributed by atoms with Crippen LogP contribution in [-0.4, -0.2) is 45.0 Å². The van der Waals surface area contributed by atoms with E-state index < -0.39 is 18.0 Å². The van der Waals surface area contributed by atoms with Gasteiger partial charge in [0.05, 0.1) is 6.10 Å². The maximum atomic E-state index is 14.3. The zero-order chi connectivity index (χ0) is 20.3. The van der Waals surface area contributed by atoms with Gasteiger partial charge in [-0.25, -0.2) is 4.98 Å². The average molecular weight is 390 g/mol. The van der Waals surface area contributed by atoms with Gasteiger partial charge in [0.2, 0.25) is 11.9 Å². The molecule has 0 spiro atoms. The van der Waals surface area contributed by atoms with Crippen molar-refractivity contribution in [3.8, 4) is 0 Å². The molecule has 2 heterocycles. The van der Waals surface area contributed by atoms with Gasteiger partial charge < -0.3 is 15.7 Å². The molecule has 7 nitrogen and oxygen atoms in total. The van der Waals surface area contributed by atoms with Crippen molar-refractivity contribution in [3.63, 3.8) is 0 Å². The molecule has 2 amide bonds. The molecule has 3 N–H and O–H groups in total. The van der Waals surface area contributed by atoms with Gasteiger partial charge in [-0.05, 0) is 37.3 Å². The van der Waals surface area contributed by atoms with E-state index >= 15 is 0 Å².